The Balaban J connectivity index is 3.07. The van der Waals surface area contributed by atoms with E-state index in [9.17, 15) is 0 Å². The zero-order valence-corrected chi connectivity index (χ0v) is 5.34. The third kappa shape index (κ3) is 3.29. The third-order valence-corrected chi connectivity index (χ3v) is 1.97. The minimum Gasteiger partial charge on any atom is -0.392 e. The zero-order chi connectivity index (χ0) is 6.41. The molecule has 0 heterocycles. The first-order valence-corrected chi connectivity index (χ1v) is 4.00. The Hall–Kier alpha value is 0.270. The molecule has 50 valence electrons. The molecule has 0 bridgehead atoms. The van der Waals surface area contributed by atoms with Gasteiger partial charge in [-0.05, 0) is 7.92 Å². The van der Waals surface area contributed by atoms with Crippen molar-refractivity contribution in [1.29, 1.82) is 0 Å². The van der Waals surface area contributed by atoms with Gasteiger partial charge in [0.25, 0.3) is 0 Å². The van der Waals surface area contributed by atoms with Crippen molar-refractivity contribution in [2.45, 2.75) is 0 Å². The fraction of sp³-hybridized carbons (Fsp3) is 1.00. The summed E-state index contributed by atoms with van der Waals surface area (Å²) in [6.45, 7) is 0. The largest absolute Gasteiger partial charge is 0.392 e. The van der Waals surface area contributed by atoms with Crippen LogP contribution in [0.5, 0.6) is 0 Å². The molecule has 0 rings (SSSR count). The quantitative estimate of drug-likeness (QED) is 0.352. The number of hydrogen-bond acceptors (Lipinski definition) is 4. The van der Waals surface area contributed by atoms with Gasteiger partial charge in [-0.1, -0.05) is 0 Å². The monoisotopic (exact) mass is 139 g/mol. The summed E-state index contributed by atoms with van der Waals surface area (Å²) >= 11 is 0. The van der Waals surface area contributed by atoms with Crippen LogP contribution in [0.1, 0.15) is 0 Å². The molecule has 0 spiro atoms. The molecule has 0 atom stereocenters. The Morgan fingerprint density at radius 2 is 1.88 bits per heavy atom. The molecule has 0 fully saturated rings. The Bertz CT molecular complexity index is 49.8. The molecule has 0 amide bonds. The fourth-order valence-corrected chi connectivity index (χ4v) is 0.695. The average molecular weight is 139 g/mol. The summed E-state index contributed by atoms with van der Waals surface area (Å²) in [5, 5.41) is 16.8. The number of nitrogens with two attached hydrogens (primary N) is 1. The van der Waals surface area contributed by atoms with Crippen LogP contribution in [-0.2, 0) is 4.84 Å². The van der Waals surface area contributed by atoms with Crippen molar-refractivity contribution in [3.63, 3.8) is 0 Å². The Labute approximate surface area is 49.0 Å². The van der Waals surface area contributed by atoms with Gasteiger partial charge in [0.2, 0.25) is 0 Å². The first kappa shape index (κ1) is 8.27. The molecule has 0 aromatic carbocycles. The Morgan fingerprint density at radius 1 is 1.38 bits per heavy atom. The lowest BCUT2D eigenvalue weighted by Crippen LogP contribution is -2.02. The van der Waals surface area contributed by atoms with Gasteiger partial charge in [-0.25, -0.2) is 5.90 Å². The first-order chi connectivity index (χ1) is 3.85. The van der Waals surface area contributed by atoms with Crippen LogP contribution in [0.3, 0.4) is 0 Å². The molecule has 8 heavy (non-hydrogen) atoms. The minimum absolute atomic E-state index is 0.0248. The number of aliphatic hydroxyl groups excluding tert-OH is 2. The molecule has 0 saturated heterocycles. The maximum absolute atomic E-state index is 8.39. The summed E-state index contributed by atoms with van der Waals surface area (Å²) < 4.78 is 0. The Kier molecular flexibility index (Phi) is 5.59. The smallest absolute Gasteiger partial charge is 0.0915 e. The minimum atomic E-state index is -0.792. The van der Waals surface area contributed by atoms with E-state index in [4.69, 9.17) is 10.2 Å². The topological polar surface area (TPSA) is 75.7 Å². The SMILES string of the molecule is NOCP(CO)CO. The van der Waals surface area contributed by atoms with E-state index in [0.29, 0.717) is 0 Å². The maximum Gasteiger partial charge on any atom is 0.0915 e. The number of rotatable bonds is 4. The summed E-state index contributed by atoms with van der Waals surface area (Å²) in [6.07, 6.45) is 0.217. The Morgan fingerprint density at radius 3 is 2.00 bits per heavy atom. The van der Waals surface area contributed by atoms with Crippen molar-refractivity contribution < 1.29 is 15.1 Å². The molecular weight excluding hydrogens is 129 g/mol. The van der Waals surface area contributed by atoms with Gasteiger partial charge in [-0.15, -0.1) is 0 Å². The summed E-state index contributed by atoms with van der Waals surface area (Å²) in [4.78, 5) is 4.19. The molecule has 4 nitrogen and oxygen atoms in total. The van der Waals surface area contributed by atoms with Crippen LogP contribution in [-0.4, -0.2) is 29.3 Å². The van der Waals surface area contributed by atoms with E-state index in [1.807, 2.05) is 0 Å². The maximum atomic E-state index is 8.39. The molecule has 0 saturated carbocycles. The van der Waals surface area contributed by atoms with E-state index in [0.717, 1.165) is 0 Å². The van der Waals surface area contributed by atoms with Crippen molar-refractivity contribution in [1.82, 2.24) is 0 Å². The lowest BCUT2D eigenvalue weighted by molar-refractivity contribution is 0.181. The first-order valence-electron chi connectivity index (χ1n) is 2.11. The molecule has 4 N–H and O–H groups in total. The van der Waals surface area contributed by atoms with Crippen LogP contribution < -0.4 is 5.90 Å². The van der Waals surface area contributed by atoms with Crippen LogP contribution in [0.2, 0.25) is 0 Å². The zero-order valence-electron chi connectivity index (χ0n) is 4.45. The van der Waals surface area contributed by atoms with Gasteiger partial charge in [0.1, 0.15) is 0 Å². The van der Waals surface area contributed by atoms with Crippen LogP contribution in [0.15, 0.2) is 0 Å². The average Bonchev–Trinajstić information content (AvgIpc) is 1.83. The number of aliphatic hydroxyl groups is 2. The van der Waals surface area contributed by atoms with Crippen molar-refractivity contribution in [2.75, 3.05) is 19.0 Å². The molecule has 0 aromatic rings. The second-order valence-electron chi connectivity index (χ2n) is 1.25. The van der Waals surface area contributed by atoms with Crippen molar-refractivity contribution in [2.24, 2.45) is 5.90 Å². The predicted molar refractivity (Wildman–Crippen MR) is 31.2 cm³/mol. The molecule has 0 aliphatic carbocycles. The normalized spacial score (nSPS) is 10.5. The van der Waals surface area contributed by atoms with Crippen LogP contribution >= 0.6 is 7.92 Å². The van der Waals surface area contributed by atoms with E-state index >= 15 is 0 Å². The molecule has 0 radical (unpaired) electrons. The highest BCUT2D eigenvalue weighted by atomic mass is 31.1. The van der Waals surface area contributed by atoms with Gasteiger partial charge < -0.3 is 10.2 Å². The van der Waals surface area contributed by atoms with Gasteiger partial charge in [0.15, 0.2) is 0 Å². The van der Waals surface area contributed by atoms with Gasteiger partial charge in [0.05, 0.1) is 19.0 Å². The molecule has 0 unspecified atom stereocenters. The second kappa shape index (κ2) is 5.41. The molecule has 0 aliphatic rings. The molecule has 0 aliphatic heterocycles. The lowest BCUT2D eigenvalue weighted by atomic mass is 11.6. The second-order valence-corrected chi connectivity index (χ2v) is 3.41. The summed E-state index contributed by atoms with van der Waals surface area (Å²) in [7, 11) is -0.792. The van der Waals surface area contributed by atoms with E-state index in [-0.39, 0.29) is 19.0 Å². The number of hydrogen-bond donors (Lipinski definition) is 3. The standard InChI is InChI=1S/C3H10NO3P/c4-7-3-8(1-5)2-6/h5-6H,1-4H2. The summed E-state index contributed by atoms with van der Waals surface area (Å²) in [5.41, 5.74) is 0. The summed E-state index contributed by atoms with van der Waals surface area (Å²) in [5.74, 6) is 4.67. The predicted octanol–water partition coefficient (Wildman–Crippen LogP) is -0.784. The van der Waals surface area contributed by atoms with Gasteiger partial charge in [-0.2, -0.15) is 0 Å². The van der Waals surface area contributed by atoms with Crippen molar-refractivity contribution in [3.8, 4) is 0 Å². The highest BCUT2D eigenvalue weighted by Crippen LogP contribution is 2.30. The third-order valence-electron chi connectivity index (χ3n) is 0.657. The van der Waals surface area contributed by atoms with Gasteiger partial charge >= 0.3 is 0 Å². The van der Waals surface area contributed by atoms with E-state index in [1.54, 1.807) is 0 Å². The highest BCUT2D eigenvalue weighted by Gasteiger charge is 2.01. The van der Waals surface area contributed by atoms with Gasteiger partial charge in [0, 0.05) is 0 Å². The van der Waals surface area contributed by atoms with Gasteiger partial charge in [-0.3, -0.25) is 4.84 Å². The van der Waals surface area contributed by atoms with Crippen molar-refractivity contribution >= 4 is 7.92 Å². The van der Waals surface area contributed by atoms with E-state index in [1.165, 1.54) is 0 Å². The van der Waals surface area contributed by atoms with Crippen LogP contribution in [0.25, 0.3) is 0 Å². The molecular formula is C3H10NO3P. The fourth-order valence-electron chi connectivity index (χ4n) is 0.232. The molecule has 0 aromatic heterocycles. The summed E-state index contributed by atoms with van der Waals surface area (Å²) in [6, 6.07) is 0. The van der Waals surface area contributed by atoms with E-state index < -0.39 is 7.92 Å². The van der Waals surface area contributed by atoms with Crippen LogP contribution in [0.4, 0.5) is 0 Å². The molecule has 5 heteroatoms. The van der Waals surface area contributed by atoms with Crippen molar-refractivity contribution in [3.05, 3.63) is 0 Å². The van der Waals surface area contributed by atoms with E-state index in [2.05, 4.69) is 10.7 Å². The highest BCUT2D eigenvalue weighted by molar-refractivity contribution is 7.56. The lowest BCUT2D eigenvalue weighted by Gasteiger charge is -2.07. The van der Waals surface area contributed by atoms with Crippen LogP contribution in [0, 0.1) is 0 Å².